The zero-order chi connectivity index (χ0) is 30.8. The normalized spacial score (nSPS) is 16.4. The van der Waals surface area contributed by atoms with E-state index in [0.29, 0.717) is 43.6 Å². The van der Waals surface area contributed by atoms with Gasteiger partial charge in [0.15, 0.2) is 17.6 Å². The number of amides is 1. The molecule has 5 rings (SSSR count). The summed E-state index contributed by atoms with van der Waals surface area (Å²) in [6, 6.07) is 5.59. The molecule has 0 radical (unpaired) electrons. The lowest BCUT2D eigenvalue weighted by Gasteiger charge is -2.24. The highest BCUT2D eigenvalue weighted by Gasteiger charge is 2.33. The van der Waals surface area contributed by atoms with E-state index in [9.17, 15) is 19.5 Å². The van der Waals surface area contributed by atoms with Crippen LogP contribution in [0.25, 0.3) is 11.0 Å². The van der Waals surface area contributed by atoms with E-state index in [1.165, 1.54) is 17.2 Å². The summed E-state index contributed by atoms with van der Waals surface area (Å²) >= 11 is 0. The molecule has 1 saturated carbocycles. The highest BCUT2D eigenvalue weighted by molar-refractivity contribution is 5.92. The van der Waals surface area contributed by atoms with E-state index < -0.39 is 40.8 Å². The summed E-state index contributed by atoms with van der Waals surface area (Å²) in [6.45, 7) is 3.05. The van der Waals surface area contributed by atoms with Gasteiger partial charge in [-0.15, -0.1) is 0 Å². The standard InChI is InChI=1S/C29H33F2N7O5/c1-2-9-36(26-23(31)12-20-24(39)21(27(40)41)15-37(17-7-8-17)25(20)35-26)10-3-4-16-5-6-18(11-22(16)30)38-14-19(43-29(38)42)13-34-28(32)33/h5-6,11-12,15,17,19H,2-4,7-10,13-14H2,1H3,(H,40,41)(H4,32,33,34)/t19-/m0/s1. The summed E-state index contributed by atoms with van der Waals surface area (Å²) in [5.41, 5.74) is 10.5. The number of nitrogens with zero attached hydrogens (tertiary/aromatic N) is 5. The predicted octanol–water partition coefficient (Wildman–Crippen LogP) is 3.16. The number of cyclic esters (lactones) is 1. The number of ether oxygens (including phenoxy) is 1. The van der Waals surface area contributed by atoms with E-state index >= 15 is 8.78 Å². The molecule has 14 heteroatoms. The molecule has 3 heterocycles. The molecule has 2 aromatic heterocycles. The summed E-state index contributed by atoms with van der Waals surface area (Å²) in [6.07, 6.45) is 3.24. The van der Waals surface area contributed by atoms with E-state index in [1.54, 1.807) is 21.6 Å². The first-order valence-corrected chi connectivity index (χ1v) is 14.1. The summed E-state index contributed by atoms with van der Waals surface area (Å²) in [7, 11) is 0. The van der Waals surface area contributed by atoms with Crippen LogP contribution in [0.4, 0.5) is 25.1 Å². The number of carbonyl (C=O) groups is 2. The van der Waals surface area contributed by atoms with Crippen LogP contribution in [-0.4, -0.2) is 65.0 Å². The lowest BCUT2D eigenvalue weighted by Crippen LogP contribution is -2.29. The maximum Gasteiger partial charge on any atom is 0.414 e. The number of fused-ring (bicyclic) bond motifs is 1. The molecular formula is C29H33F2N7O5. The molecule has 1 saturated heterocycles. The maximum atomic E-state index is 15.4. The van der Waals surface area contributed by atoms with E-state index in [1.807, 2.05) is 6.92 Å². The molecule has 1 aliphatic carbocycles. The molecule has 5 N–H and O–H groups in total. The molecule has 1 aromatic carbocycles. The second kappa shape index (κ2) is 12.2. The van der Waals surface area contributed by atoms with Crippen molar-refractivity contribution < 1.29 is 28.2 Å². The smallest absolute Gasteiger partial charge is 0.414 e. The van der Waals surface area contributed by atoms with Crippen LogP contribution in [0.3, 0.4) is 0 Å². The first-order chi connectivity index (χ1) is 20.6. The Bertz CT molecular complexity index is 1650. The predicted molar refractivity (Wildman–Crippen MR) is 157 cm³/mol. The van der Waals surface area contributed by atoms with Gasteiger partial charge in [0.25, 0.3) is 0 Å². The Balaban J connectivity index is 1.31. The number of rotatable bonds is 12. The van der Waals surface area contributed by atoms with Crippen LogP contribution < -0.4 is 26.7 Å². The van der Waals surface area contributed by atoms with Gasteiger partial charge in [-0.1, -0.05) is 13.0 Å². The number of halogens is 2. The molecule has 0 unspecified atom stereocenters. The van der Waals surface area contributed by atoms with Crippen molar-refractivity contribution in [3.05, 3.63) is 63.4 Å². The molecule has 1 amide bonds. The number of pyridine rings is 2. The minimum atomic E-state index is -1.37. The fourth-order valence-electron chi connectivity index (χ4n) is 5.24. The Labute approximate surface area is 245 Å². The van der Waals surface area contributed by atoms with Gasteiger partial charge in [-0.2, -0.15) is 0 Å². The highest BCUT2D eigenvalue weighted by atomic mass is 19.1. The van der Waals surface area contributed by atoms with Gasteiger partial charge in [-0.05, 0) is 55.9 Å². The van der Waals surface area contributed by atoms with Gasteiger partial charge in [0.2, 0.25) is 5.43 Å². The molecule has 43 heavy (non-hydrogen) atoms. The number of nitrogens with two attached hydrogens (primary N) is 2. The molecular weight excluding hydrogens is 564 g/mol. The molecule has 1 aliphatic heterocycles. The van der Waals surface area contributed by atoms with Gasteiger partial charge in [0, 0.05) is 25.3 Å². The van der Waals surface area contributed by atoms with Crippen LogP contribution >= 0.6 is 0 Å². The Morgan fingerprint density at radius 3 is 2.60 bits per heavy atom. The summed E-state index contributed by atoms with van der Waals surface area (Å²) in [4.78, 5) is 48.2. The minimum Gasteiger partial charge on any atom is -0.477 e. The lowest BCUT2D eigenvalue weighted by atomic mass is 10.1. The average Bonchev–Trinajstić information content (AvgIpc) is 3.73. The van der Waals surface area contributed by atoms with Gasteiger partial charge >= 0.3 is 12.1 Å². The Morgan fingerprint density at radius 2 is 1.95 bits per heavy atom. The molecule has 0 spiro atoms. The number of carboxylic acids is 1. The zero-order valence-corrected chi connectivity index (χ0v) is 23.6. The SMILES string of the molecule is CCCN(CCCc1ccc(N2C[C@H](CN=C(N)N)OC2=O)cc1F)c1nc2c(cc1F)c(=O)c(C(=O)O)cn2C1CC1. The Morgan fingerprint density at radius 1 is 1.19 bits per heavy atom. The van der Waals surface area contributed by atoms with E-state index in [-0.39, 0.29) is 41.9 Å². The van der Waals surface area contributed by atoms with Gasteiger partial charge in [0.05, 0.1) is 24.2 Å². The topological polar surface area (TPSA) is 169 Å². The number of hydrogen-bond donors (Lipinski definition) is 3. The second-order valence-corrected chi connectivity index (χ2v) is 10.7. The van der Waals surface area contributed by atoms with Crippen molar-refractivity contribution in [3.63, 3.8) is 0 Å². The zero-order valence-electron chi connectivity index (χ0n) is 23.6. The molecule has 1 atom stereocenters. The van der Waals surface area contributed by atoms with Gasteiger partial charge in [-0.25, -0.2) is 28.3 Å². The quantitative estimate of drug-likeness (QED) is 0.210. The largest absolute Gasteiger partial charge is 0.477 e. The van der Waals surface area contributed by atoms with Crippen molar-refractivity contribution >= 4 is 40.6 Å². The van der Waals surface area contributed by atoms with Crippen LogP contribution in [0.15, 0.2) is 40.2 Å². The molecule has 2 fully saturated rings. The number of carbonyl (C=O) groups excluding carboxylic acids is 1. The third kappa shape index (κ3) is 6.37. The van der Waals surface area contributed by atoms with Gasteiger partial charge in [0.1, 0.15) is 23.1 Å². The summed E-state index contributed by atoms with van der Waals surface area (Å²) < 4.78 is 37.4. The fourth-order valence-corrected chi connectivity index (χ4v) is 5.24. The Hall–Kier alpha value is -4.75. The van der Waals surface area contributed by atoms with Crippen molar-refractivity contribution in [2.45, 2.75) is 51.2 Å². The number of guanidine groups is 1. The van der Waals surface area contributed by atoms with E-state index in [2.05, 4.69) is 9.98 Å². The number of aliphatic imine (C=N–C) groups is 1. The first kappa shape index (κ1) is 29.7. The van der Waals surface area contributed by atoms with Crippen molar-refractivity contribution in [2.75, 3.05) is 36.0 Å². The van der Waals surface area contributed by atoms with Crippen molar-refractivity contribution in [1.29, 1.82) is 0 Å². The van der Waals surface area contributed by atoms with Crippen molar-refractivity contribution in [3.8, 4) is 0 Å². The van der Waals surface area contributed by atoms with Crippen molar-refractivity contribution in [2.24, 2.45) is 16.5 Å². The monoisotopic (exact) mass is 597 g/mol. The molecule has 3 aromatic rings. The van der Waals surface area contributed by atoms with Gasteiger partial charge in [-0.3, -0.25) is 9.69 Å². The van der Waals surface area contributed by atoms with Gasteiger partial charge < -0.3 is 30.8 Å². The van der Waals surface area contributed by atoms with Crippen LogP contribution in [0.1, 0.15) is 54.6 Å². The molecule has 12 nitrogen and oxygen atoms in total. The molecule has 2 aliphatic rings. The highest BCUT2D eigenvalue weighted by Crippen LogP contribution is 2.37. The fraction of sp³-hybridized carbons (Fsp3) is 0.414. The maximum absolute atomic E-state index is 15.4. The van der Waals surface area contributed by atoms with Crippen LogP contribution in [0.2, 0.25) is 0 Å². The molecule has 0 bridgehead atoms. The number of benzene rings is 1. The van der Waals surface area contributed by atoms with E-state index in [4.69, 9.17) is 16.2 Å². The lowest BCUT2D eigenvalue weighted by molar-refractivity contribution is 0.0694. The number of aromatic nitrogens is 2. The van der Waals surface area contributed by atoms with Crippen LogP contribution in [0.5, 0.6) is 0 Å². The number of hydrogen-bond acceptors (Lipinski definition) is 7. The Kier molecular flexibility index (Phi) is 8.46. The summed E-state index contributed by atoms with van der Waals surface area (Å²) in [5, 5.41) is 9.40. The average molecular weight is 598 g/mol. The molecule has 228 valence electrons. The number of carboxylic acid groups (broad SMARTS) is 1. The van der Waals surface area contributed by atoms with Crippen molar-refractivity contribution in [1.82, 2.24) is 9.55 Å². The van der Waals surface area contributed by atoms with E-state index in [0.717, 1.165) is 18.9 Å². The minimum absolute atomic E-state index is 0.00382. The van der Waals surface area contributed by atoms with Crippen LogP contribution in [0, 0.1) is 11.6 Å². The number of aromatic carboxylic acids is 1. The number of anilines is 2. The number of aryl methyl sites for hydroxylation is 1. The van der Waals surface area contributed by atoms with Crippen LogP contribution in [-0.2, 0) is 11.2 Å². The third-order valence-electron chi connectivity index (χ3n) is 7.48. The first-order valence-electron chi connectivity index (χ1n) is 14.1. The third-order valence-corrected chi connectivity index (χ3v) is 7.48. The summed E-state index contributed by atoms with van der Waals surface area (Å²) in [5.74, 6) is -2.64. The second-order valence-electron chi connectivity index (χ2n) is 10.7.